The Bertz CT molecular complexity index is 308. The molecule has 2 heterocycles. The molecular weight excluding hydrogens is 252 g/mol. The Balaban J connectivity index is 2.15. The van der Waals surface area contributed by atoms with Crippen LogP contribution in [0.15, 0.2) is 0 Å². The number of amides is 1. The van der Waals surface area contributed by atoms with E-state index in [0.29, 0.717) is 18.6 Å². The third-order valence-electron chi connectivity index (χ3n) is 5.04. The van der Waals surface area contributed by atoms with Gasteiger partial charge in [-0.3, -0.25) is 4.79 Å². The zero-order valence-electron chi connectivity index (χ0n) is 13.1. The third-order valence-corrected chi connectivity index (χ3v) is 5.04. The minimum Gasteiger partial charge on any atom is -0.384 e. The Hall–Kier alpha value is -0.610. The number of methoxy groups -OCH3 is 1. The van der Waals surface area contributed by atoms with Gasteiger partial charge in [0.2, 0.25) is 5.91 Å². The first-order valence-electron chi connectivity index (χ1n) is 8.24. The molecule has 2 aliphatic heterocycles. The van der Waals surface area contributed by atoms with Crippen molar-refractivity contribution in [2.24, 2.45) is 5.41 Å². The van der Waals surface area contributed by atoms with Crippen LogP contribution < -0.4 is 5.32 Å². The highest BCUT2D eigenvalue weighted by molar-refractivity contribution is 5.83. The lowest BCUT2D eigenvalue weighted by Crippen LogP contribution is -2.54. The molecule has 0 spiro atoms. The average molecular weight is 282 g/mol. The van der Waals surface area contributed by atoms with Crippen molar-refractivity contribution in [3.8, 4) is 0 Å². The van der Waals surface area contributed by atoms with E-state index < -0.39 is 0 Å². The van der Waals surface area contributed by atoms with Gasteiger partial charge in [-0.05, 0) is 45.2 Å². The van der Waals surface area contributed by atoms with Crippen LogP contribution in [0.2, 0.25) is 0 Å². The Labute approximate surface area is 123 Å². The molecule has 0 aromatic carbocycles. The average Bonchev–Trinajstić information content (AvgIpc) is 2.72. The summed E-state index contributed by atoms with van der Waals surface area (Å²) < 4.78 is 5.42. The summed E-state index contributed by atoms with van der Waals surface area (Å²) in [6.07, 6.45) is 7.75. The monoisotopic (exact) mass is 282 g/mol. The van der Waals surface area contributed by atoms with Gasteiger partial charge in [-0.1, -0.05) is 19.8 Å². The molecular formula is C16H30N2O2. The van der Waals surface area contributed by atoms with Crippen molar-refractivity contribution >= 4 is 5.91 Å². The Morgan fingerprint density at radius 3 is 2.70 bits per heavy atom. The number of nitrogens with zero attached hydrogens (tertiary/aromatic N) is 1. The smallest absolute Gasteiger partial charge is 0.231 e. The molecule has 2 fully saturated rings. The van der Waals surface area contributed by atoms with E-state index in [1.54, 1.807) is 7.11 Å². The minimum atomic E-state index is -0.280. The van der Waals surface area contributed by atoms with Gasteiger partial charge in [0, 0.05) is 19.7 Å². The second-order valence-electron chi connectivity index (χ2n) is 6.37. The summed E-state index contributed by atoms with van der Waals surface area (Å²) in [6, 6.07) is 0.439. The van der Waals surface area contributed by atoms with Crippen LogP contribution >= 0.6 is 0 Å². The van der Waals surface area contributed by atoms with E-state index in [1.165, 1.54) is 19.3 Å². The number of ether oxygens (including phenoxy) is 1. The number of carbonyl (C=O) groups is 1. The highest BCUT2D eigenvalue weighted by Gasteiger charge is 2.43. The van der Waals surface area contributed by atoms with Crippen LogP contribution in [0.4, 0.5) is 0 Å². The number of hydrogen-bond donors (Lipinski definition) is 1. The van der Waals surface area contributed by atoms with E-state index in [0.717, 1.165) is 45.3 Å². The molecule has 0 aromatic rings. The molecule has 1 unspecified atom stereocenters. The van der Waals surface area contributed by atoms with E-state index in [9.17, 15) is 4.79 Å². The summed E-state index contributed by atoms with van der Waals surface area (Å²) in [6.45, 7) is 5.58. The maximum atomic E-state index is 13.2. The van der Waals surface area contributed by atoms with E-state index in [1.807, 2.05) is 0 Å². The van der Waals surface area contributed by atoms with Crippen LogP contribution in [-0.4, -0.2) is 50.2 Å². The van der Waals surface area contributed by atoms with E-state index in [2.05, 4.69) is 17.1 Å². The van der Waals surface area contributed by atoms with E-state index in [4.69, 9.17) is 4.74 Å². The van der Waals surface area contributed by atoms with Crippen LogP contribution in [-0.2, 0) is 9.53 Å². The molecule has 1 N–H and O–H groups in total. The number of carbonyl (C=O) groups excluding carboxylic acids is 1. The first-order chi connectivity index (χ1) is 9.73. The normalized spacial score (nSPS) is 27.1. The van der Waals surface area contributed by atoms with Crippen molar-refractivity contribution in [3.05, 3.63) is 0 Å². The predicted molar refractivity (Wildman–Crippen MR) is 80.7 cm³/mol. The molecule has 0 bridgehead atoms. The SMILES string of the molecule is CCC1CCCCCN1C(=O)C1(COC)CCNCC1. The number of hydrogen-bond acceptors (Lipinski definition) is 3. The van der Waals surface area contributed by atoms with Crippen LogP contribution in [0.5, 0.6) is 0 Å². The van der Waals surface area contributed by atoms with Crippen LogP contribution in [0.25, 0.3) is 0 Å². The molecule has 20 heavy (non-hydrogen) atoms. The molecule has 1 atom stereocenters. The third kappa shape index (κ3) is 3.34. The van der Waals surface area contributed by atoms with Crippen LogP contribution in [0, 0.1) is 5.41 Å². The fraction of sp³-hybridized carbons (Fsp3) is 0.938. The van der Waals surface area contributed by atoms with Gasteiger partial charge in [-0.2, -0.15) is 0 Å². The van der Waals surface area contributed by atoms with Gasteiger partial charge in [0.15, 0.2) is 0 Å². The van der Waals surface area contributed by atoms with Gasteiger partial charge < -0.3 is 15.0 Å². The summed E-state index contributed by atoms with van der Waals surface area (Å²) in [4.78, 5) is 15.4. The van der Waals surface area contributed by atoms with Crippen molar-refractivity contribution in [1.82, 2.24) is 10.2 Å². The molecule has 1 amide bonds. The van der Waals surface area contributed by atoms with Crippen molar-refractivity contribution in [3.63, 3.8) is 0 Å². The highest BCUT2D eigenvalue weighted by atomic mass is 16.5. The van der Waals surface area contributed by atoms with Gasteiger partial charge in [-0.15, -0.1) is 0 Å². The molecule has 0 aliphatic carbocycles. The van der Waals surface area contributed by atoms with Gasteiger partial charge in [-0.25, -0.2) is 0 Å². The summed E-state index contributed by atoms with van der Waals surface area (Å²) in [5.41, 5.74) is -0.280. The number of piperidine rings is 1. The first-order valence-corrected chi connectivity index (χ1v) is 8.24. The first kappa shape index (κ1) is 15.8. The predicted octanol–water partition coefficient (Wildman–Crippen LogP) is 2.18. The lowest BCUT2D eigenvalue weighted by atomic mass is 9.77. The van der Waals surface area contributed by atoms with Crippen molar-refractivity contribution in [2.75, 3.05) is 33.4 Å². The maximum Gasteiger partial charge on any atom is 0.231 e. The number of likely N-dealkylation sites (tertiary alicyclic amines) is 1. The fourth-order valence-corrected chi connectivity index (χ4v) is 3.78. The molecule has 0 aromatic heterocycles. The maximum absolute atomic E-state index is 13.2. The summed E-state index contributed by atoms with van der Waals surface area (Å²) in [5.74, 6) is 0.356. The van der Waals surface area contributed by atoms with Crippen LogP contribution in [0.3, 0.4) is 0 Å². The zero-order chi connectivity index (χ0) is 14.4. The van der Waals surface area contributed by atoms with Gasteiger partial charge >= 0.3 is 0 Å². The van der Waals surface area contributed by atoms with Crippen LogP contribution in [0.1, 0.15) is 51.9 Å². The molecule has 2 saturated heterocycles. The highest BCUT2D eigenvalue weighted by Crippen LogP contribution is 2.34. The molecule has 2 aliphatic rings. The lowest BCUT2D eigenvalue weighted by Gasteiger charge is -2.42. The molecule has 0 saturated carbocycles. The summed E-state index contributed by atoms with van der Waals surface area (Å²) >= 11 is 0. The molecule has 2 rings (SSSR count). The van der Waals surface area contributed by atoms with Crippen molar-refractivity contribution in [2.45, 2.75) is 57.9 Å². The van der Waals surface area contributed by atoms with Crippen molar-refractivity contribution in [1.29, 1.82) is 0 Å². The van der Waals surface area contributed by atoms with E-state index in [-0.39, 0.29) is 5.41 Å². The second-order valence-corrected chi connectivity index (χ2v) is 6.37. The number of rotatable bonds is 4. The second kappa shape index (κ2) is 7.41. The van der Waals surface area contributed by atoms with Gasteiger partial charge in [0.1, 0.15) is 0 Å². The largest absolute Gasteiger partial charge is 0.384 e. The molecule has 4 heteroatoms. The summed E-state index contributed by atoms with van der Waals surface area (Å²) in [5, 5.41) is 3.37. The Morgan fingerprint density at radius 2 is 2.05 bits per heavy atom. The minimum absolute atomic E-state index is 0.280. The molecule has 0 radical (unpaired) electrons. The topological polar surface area (TPSA) is 41.6 Å². The molecule has 4 nitrogen and oxygen atoms in total. The Kier molecular flexibility index (Phi) is 5.85. The fourth-order valence-electron chi connectivity index (χ4n) is 3.78. The zero-order valence-corrected chi connectivity index (χ0v) is 13.1. The van der Waals surface area contributed by atoms with Gasteiger partial charge in [0.25, 0.3) is 0 Å². The van der Waals surface area contributed by atoms with Gasteiger partial charge in [0.05, 0.1) is 12.0 Å². The summed E-state index contributed by atoms with van der Waals surface area (Å²) in [7, 11) is 1.72. The molecule has 116 valence electrons. The van der Waals surface area contributed by atoms with E-state index >= 15 is 0 Å². The Morgan fingerprint density at radius 1 is 1.30 bits per heavy atom. The standard InChI is InChI=1S/C16H30N2O2/c1-3-14-7-5-4-6-12-18(14)15(19)16(13-20-2)8-10-17-11-9-16/h14,17H,3-13H2,1-2H3. The number of nitrogens with one attached hydrogen (secondary N) is 1. The van der Waals surface area contributed by atoms with Crippen molar-refractivity contribution < 1.29 is 9.53 Å². The quantitative estimate of drug-likeness (QED) is 0.859. The lowest BCUT2D eigenvalue weighted by molar-refractivity contribution is -0.150.